The van der Waals surface area contributed by atoms with E-state index in [9.17, 15) is 14.4 Å². The van der Waals surface area contributed by atoms with Crippen LogP contribution in [0, 0.1) is 0 Å². The molecule has 0 saturated carbocycles. The molecular weight excluding hydrogens is 737 g/mol. The molecule has 2 amide bonds. The fourth-order valence-electron chi connectivity index (χ4n) is 8.16. The van der Waals surface area contributed by atoms with Crippen LogP contribution in [0.5, 0.6) is 0 Å². The Bertz CT molecular complexity index is 1010. The van der Waals surface area contributed by atoms with E-state index in [1.54, 1.807) is 0 Å². The molecule has 0 radical (unpaired) electrons. The van der Waals surface area contributed by atoms with Gasteiger partial charge in [0.05, 0.1) is 6.54 Å². The Morgan fingerprint density at radius 3 is 1.37 bits per heavy atom. The fraction of sp³-hybridized carbons (Fsp3) is 0.920. The third-order valence-corrected chi connectivity index (χ3v) is 12.0. The molecule has 0 aromatic carbocycles. The van der Waals surface area contributed by atoms with Crippen LogP contribution in [0.15, 0.2) is 4.99 Å². The van der Waals surface area contributed by atoms with Crippen LogP contribution >= 0.6 is 0 Å². The Balaban J connectivity index is 2.33. The summed E-state index contributed by atoms with van der Waals surface area (Å²) in [5, 5.41) is 6.04. The molecule has 9 nitrogen and oxygen atoms in total. The zero-order valence-electron chi connectivity index (χ0n) is 39.4. The number of urea groups is 1. The molecule has 346 valence electrons. The Morgan fingerprint density at radius 1 is 0.542 bits per heavy atom. The first-order valence-electron chi connectivity index (χ1n) is 25.6. The standard InChI is InChI=1S/C50H96N4O5/c1-5-9-12-15-20-27-35-45(8-4)58-48(55)38-30-23-18-25-32-41-54(43-34-40-51-47-44-52-50(57)53-47)42-33-26-19-24-31-39-49(56)59-46(36-28-21-16-13-10-6-2)37-29-22-17-14-11-7-3/h45-46H,5-44H2,1-4H3,(H2,51,52,53,57). The van der Waals surface area contributed by atoms with Crippen molar-refractivity contribution < 1.29 is 23.9 Å². The van der Waals surface area contributed by atoms with Crippen LogP contribution in [0.4, 0.5) is 4.79 Å². The van der Waals surface area contributed by atoms with Gasteiger partial charge in [0, 0.05) is 19.4 Å². The predicted molar refractivity (Wildman–Crippen MR) is 249 cm³/mol. The lowest BCUT2D eigenvalue weighted by Gasteiger charge is -2.22. The SMILES string of the molecule is CCCCCCCCC(CC)OC(=O)CCCCCCCN(CCCCCCCC(=O)OC(CCCCCCCC)CCCCCCCC)CCCNC1=NC(=O)NC1. The lowest BCUT2D eigenvalue weighted by Crippen LogP contribution is -2.33. The molecule has 1 rings (SSSR count). The molecule has 1 aliphatic heterocycles. The van der Waals surface area contributed by atoms with Crippen LogP contribution in [0.1, 0.15) is 252 Å². The number of carbonyl (C=O) groups is 3. The normalized spacial score (nSPS) is 13.3. The molecule has 0 fully saturated rings. The van der Waals surface area contributed by atoms with E-state index in [-0.39, 0.29) is 30.2 Å². The molecular formula is C50H96N4O5. The summed E-state index contributed by atoms with van der Waals surface area (Å²) in [6.07, 6.45) is 40.2. The molecule has 2 N–H and O–H groups in total. The predicted octanol–water partition coefficient (Wildman–Crippen LogP) is 13.6. The van der Waals surface area contributed by atoms with Crippen LogP contribution in [0.2, 0.25) is 0 Å². The van der Waals surface area contributed by atoms with Gasteiger partial charge in [0.15, 0.2) is 0 Å². The summed E-state index contributed by atoms with van der Waals surface area (Å²) in [7, 11) is 0. The molecule has 9 heteroatoms. The summed E-state index contributed by atoms with van der Waals surface area (Å²) in [5.74, 6) is 0.736. The highest BCUT2D eigenvalue weighted by atomic mass is 16.5. The van der Waals surface area contributed by atoms with E-state index in [1.807, 2.05) is 0 Å². The monoisotopic (exact) mass is 833 g/mol. The molecule has 0 spiro atoms. The van der Waals surface area contributed by atoms with Gasteiger partial charge in [0.2, 0.25) is 0 Å². The molecule has 1 aliphatic rings. The summed E-state index contributed by atoms with van der Waals surface area (Å²) < 4.78 is 11.9. The quantitative estimate of drug-likeness (QED) is 0.0465. The Morgan fingerprint density at radius 2 is 0.932 bits per heavy atom. The molecule has 0 aromatic heterocycles. The van der Waals surface area contributed by atoms with Crippen LogP contribution < -0.4 is 10.6 Å². The smallest absolute Gasteiger partial charge is 0.343 e. The van der Waals surface area contributed by atoms with E-state index in [0.29, 0.717) is 19.4 Å². The number of nitrogens with zero attached hydrogens (tertiary/aromatic N) is 2. The van der Waals surface area contributed by atoms with Gasteiger partial charge in [-0.05, 0) is 96.7 Å². The van der Waals surface area contributed by atoms with Crippen molar-refractivity contribution in [2.45, 2.75) is 265 Å². The molecule has 59 heavy (non-hydrogen) atoms. The summed E-state index contributed by atoms with van der Waals surface area (Å²) in [6, 6.07) is -0.257. The first kappa shape index (κ1) is 54.9. The summed E-state index contributed by atoms with van der Waals surface area (Å²) in [6.45, 7) is 13.4. The number of hydrogen-bond acceptors (Lipinski definition) is 7. The average Bonchev–Trinajstić information content (AvgIpc) is 3.65. The molecule has 1 unspecified atom stereocenters. The number of amidine groups is 1. The maximum absolute atomic E-state index is 12.8. The highest BCUT2D eigenvalue weighted by molar-refractivity contribution is 6.01. The van der Waals surface area contributed by atoms with E-state index < -0.39 is 0 Å². The van der Waals surface area contributed by atoms with E-state index in [0.717, 1.165) is 109 Å². The van der Waals surface area contributed by atoms with Crippen molar-refractivity contribution >= 4 is 23.8 Å². The number of hydrogen-bond donors (Lipinski definition) is 2. The second-order valence-electron chi connectivity index (χ2n) is 17.7. The molecule has 0 bridgehead atoms. The molecule has 1 heterocycles. The summed E-state index contributed by atoms with van der Waals surface area (Å²) in [5.41, 5.74) is 0. The Labute approximate surface area is 364 Å². The van der Waals surface area contributed by atoms with Crippen LogP contribution in [-0.2, 0) is 19.1 Å². The van der Waals surface area contributed by atoms with Crippen molar-refractivity contribution in [3.63, 3.8) is 0 Å². The van der Waals surface area contributed by atoms with Gasteiger partial charge in [0.1, 0.15) is 18.0 Å². The number of rotatable bonds is 44. The van der Waals surface area contributed by atoms with Crippen LogP contribution in [0.3, 0.4) is 0 Å². The van der Waals surface area contributed by atoms with E-state index in [2.05, 4.69) is 48.2 Å². The topological polar surface area (TPSA) is 109 Å². The minimum atomic E-state index is -0.257. The number of ether oxygens (including phenoxy) is 2. The Kier molecular flexibility index (Phi) is 38.3. The first-order valence-corrected chi connectivity index (χ1v) is 25.6. The van der Waals surface area contributed by atoms with Gasteiger partial charge >= 0.3 is 18.0 Å². The maximum Gasteiger partial charge on any atom is 0.343 e. The number of nitrogens with one attached hydrogen (secondary N) is 2. The minimum absolute atomic E-state index is 0.0133. The van der Waals surface area contributed by atoms with Gasteiger partial charge in [-0.2, -0.15) is 4.99 Å². The van der Waals surface area contributed by atoms with Gasteiger partial charge < -0.3 is 25.0 Å². The van der Waals surface area contributed by atoms with Crippen molar-refractivity contribution in [2.75, 3.05) is 32.7 Å². The molecule has 0 aromatic rings. The second-order valence-corrected chi connectivity index (χ2v) is 17.7. The summed E-state index contributed by atoms with van der Waals surface area (Å²) in [4.78, 5) is 43.3. The molecule has 0 aliphatic carbocycles. The van der Waals surface area contributed by atoms with Gasteiger partial charge in [-0.3, -0.25) is 9.59 Å². The number of esters is 2. The van der Waals surface area contributed by atoms with Gasteiger partial charge in [-0.25, -0.2) is 4.79 Å². The number of carbonyl (C=O) groups excluding carboxylic acids is 3. The highest BCUT2D eigenvalue weighted by Gasteiger charge is 2.16. The highest BCUT2D eigenvalue weighted by Crippen LogP contribution is 2.19. The lowest BCUT2D eigenvalue weighted by molar-refractivity contribution is -0.150. The van der Waals surface area contributed by atoms with Crippen molar-refractivity contribution in [2.24, 2.45) is 4.99 Å². The second kappa shape index (κ2) is 41.2. The van der Waals surface area contributed by atoms with Crippen molar-refractivity contribution in [1.82, 2.24) is 15.5 Å². The van der Waals surface area contributed by atoms with Crippen LogP contribution in [-0.4, -0.2) is 73.6 Å². The average molecular weight is 833 g/mol. The minimum Gasteiger partial charge on any atom is -0.462 e. The zero-order chi connectivity index (χ0) is 42.9. The number of unbranched alkanes of at least 4 members (excludes halogenated alkanes) is 23. The van der Waals surface area contributed by atoms with Gasteiger partial charge in [-0.15, -0.1) is 0 Å². The fourth-order valence-corrected chi connectivity index (χ4v) is 8.16. The number of aliphatic imine (C=N–C) groups is 1. The van der Waals surface area contributed by atoms with E-state index in [4.69, 9.17) is 9.47 Å². The molecule has 0 saturated heterocycles. The zero-order valence-corrected chi connectivity index (χ0v) is 39.4. The van der Waals surface area contributed by atoms with Gasteiger partial charge in [0.25, 0.3) is 0 Å². The third kappa shape index (κ3) is 35.2. The van der Waals surface area contributed by atoms with Crippen molar-refractivity contribution in [3.8, 4) is 0 Å². The van der Waals surface area contributed by atoms with E-state index in [1.165, 1.54) is 135 Å². The maximum atomic E-state index is 12.8. The van der Waals surface area contributed by atoms with Gasteiger partial charge in [-0.1, -0.05) is 163 Å². The summed E-state index contributed by atoms with van der Waals surface area (Å²) >= 11 is 0. The Hall–Kier alpha value is -2.16. The van der Waals surface area contributed by atoms with Crippen molar-refractivity contribution in [1.29, 1.82) is 0 Å². The third-order valence-electron chi connectivity index (χ3n) is 12.0. The largest absolute Gasteiger partial charge is 0.462 e. The van der Waals surface area contributed by atoms with E-state index >= 15 is 0 Å². The number of amides is 2. The first-order chi connectivity index (χ1) is 28.9. The van der Waals surface area contributed by atoms with Crippen molar-refractivity contribution in [3.05, 3.63) is 0 Å². The molecule has 1 atom stereocenters. The lowest BCUT2D eigenvalue weighted by atomic mass is 10.0. The van der Waals surface area contributed by atoms with Crippen LogP contribution in [0.25, 0.3) is 0 Å².